The number of nitrogens with one attached hydrogen (secondary N) is 1. The Balaban J connectivity index is 1.56. The van der Waals surface area contributed by atoms with Crippen LogP contribution in [0.1, 0.15) is 34.6 Å². The van der Waals surface area contributed by atoms with E-state index < -0.39 is 16.0 Å². The van der Waals surface area contributed by atoms with Gasteiger partial charge in [-0.3, -0.25) is 0 Å². The van der Waals surface area contributed by atoms with Gasteiger partial charge in [-0.2, -0.15) is 4.31 Å². The van der Waals surface area contributed by atoms with Crippen LogP contribution in [0.15, 0.2) is 28.7 Å². The van der Waals surface area contributed by atoms with Crippen LogP contribution in [0.3, 0.4) is 0 Å². The number of aromatic carboxylic acids is 1. The number of sulfonamides is 1. The largest absolute Gasteiger partial charge is 0.476 e. The average Bonchev–Trinajstić information content (AvgIpc) is 3.13. The van der Waals surface area contributed by atoms with Gasteiger partial charge in [0.05, 0.1) is 12.4 Å². The maximum absolute atomic E-state index is 12.6. The molecule has 3 heterocycles. The van der Waals surface area contributed by atoms with Crippen molar-refractivity contribution in [2.24, 2.45) is 0 Å². The van der Waals surface area contributed by atoms with E-state index in [0.717, 1.165) is 24.1 Å². The Morgan fingerprint density at radius 2 is 1.96 bits per heavy atom. The molecule has 0 aromatic carbocycles. The number of thiophene rings is 1. The maximum atomic E-state index is 12.6. The second-order valence-electron chi connectivity index (χ2n) is 5.95. The second-order valence-corrected chi connectivity index (χ2v) is 9.29. The zero-order chi connectivity index (χ0) is 18.6. The monoisotopic (exact) mass is 396 g/mol. The van der Waals surface area contributed by atoms with Crippen molar-refractivity contribution in [3.05, 3.63) is 35.1 Å². The molecule has 1 aliphatic heterocycles. The van der Waals surface area contributed by atoms with E-state index in [4.69, 9.17) is 5.11 Å². The normalized spacial score (nSPS) is 15.7. The Morgan fingerprint density at radius 1 is 1.19 bits per heavy atom. The molecule has 2 N–H and O–H groups in total. The molecule has 2 aromatic rings. The molecule has 1 fully saturated rings. The summed E-state index contributed by atoms with van der Waals surface area (Å²) in [6.45, 7) is 1.75. The Bertz CT molecular complexity index is 859. The predicted octanol–water partition coefficient (Wildman–Crippen LogP) is 2.07. The van der Waals surface area contributed by atoms with Gasteiger partial charge in [0.15, 0.2) is 5.69 Å². The summed E-state index contributed by atoms with van der Waals surface area (Å²) < 4.78 is 27.2. The van der Waals surface area contributed by atoms with Crippen LogP contribution in [0, 0.1) is 0 Å². The van der Waals surface area contributed by atoms with Gasteiger partial charge in [-0.15, -0.1) is 11.3 Å². The lowest BCUT2D eigenvalue weighted by molar-refractivity contribution is 0.0690. The summed E-state index contributed by atoms with van der Waals surface area (Å²) >= 11 is 1.29. The fraction of sp³-hybridized carbons (Fsp3) is 0.438. The number of hydrogen-bond acceptors (Lipinski definition) is 7. The molecule has 0 aliphatic carbocycles. The van der Waals surface area contributed by atoms with Crippen molar-refractivity contribution in [2.75, 3.05) is 25.0 Å². The van der Waals surface area contributed by atoms with Gasteiger partial charge in [0.2, 0.25) is 0 Å². The van der Waals surface area contributed by atoms with Crippen molar-refractivity contribution in [3.8, 4) is 0 Å². The van der Waals surface area contributed by atoms with E-state index in [-0.39, 0.29) is 5.69 Å². The number of carboxylic acid groups (broad SMARTS) is 1. The molecule has 0 spiro atoms. The highest BCUT2D eigenvalue weighted by molar-refractivity contribution is 7.91. The van der Waals surface area contributed by atoms with E-state index >= 15 is 0 Å². The molecule has 0 atom stereocenters. The molecular formula is C16H20N4O4S2. The number of piperidine rings is 1. The Kier molecular flexibility index (Phi) is 5.84. The van der Waals surface area contributed by atoms with Crippen molar-refractivity contribution in [1.82, 2.24) is 14.3 Å². The predicted molar refractivity (Wildman–Crippen MR) is 98.1 cm³/mol. The van der Waals surface area contributed by atoms with E-state index in [1.807, 2.05) is 6.07 Å². The minimum atomic E-state index is -3.38. The van der Waals surface area contributed by atoms with E-state index in [0.29, 0.717) is 36.1 Å². The fourth-order valence-corrected chi connectivity index (χ4v) is 5.73. The molecule has 26 heavy (non-hydrogen) atoms. The van der Waals surface area contributed by atoms with Gasteiger partial charge in [0.25, 0.3) is 10.0 Å². The number of nitrogens with zero attached hydrogens (tertiary/aromatic N) is 3. The molecule has 8 nitrogen and oxygen atoms in total. The molecule has 0 unspecified atom stereocenters. The zero-order valence-corrected chi connectivity index (χ0v) is 15.7. The highest BCUT2D eigenvalue weighted by Crippen LogP contribution is 2.27. The molecule has 0 saturated carbocycles. The summed E-state index contributed by atoms with van der Waals surface area (Å²) in [6, 6.07) is 3.51. The van der Waals surface area contributed by atoms with E-state index in [1.165, 1.54) is 23.7 Å². The van der Waals surface area contributed by atoms with Crippen LogP contribution in [0.25, 0.3) is 0 Å². The van der Waals surface area contributed by atoms with Crippen LogP contribution in [-0.4, -0.2) is 53.4 Å². The lowest BCUT2D eigenvalue weighted by Crippen LogP contribution is -2.35. The molecule has 3 rings (SSSR count). The minimum Gasteiger partial charge on any atom is -0.476 e. The van der Waals surface area contributed by atoms with Gasteiger partial charge in [0.1, 0.15) is 10.0 Å². The minimum absolute atomic E-state index is 0.110. The first-order valence-corrected chi connectivity index (χ1v) is 10.6. The molecule has 0 amide bonds. The number of carboxylic acids is 1. The zero-order valence-electron chi connectivity index (χ0n) is 14.1. The maximum Gasteiger partial charge on any atom is 0.356 e. The SMILES string of the molecule is O=C(O)c1cnc(NCCc2ccc(S(=O)(=O)N3CCCCC3)s2)cn1. The summed E-state index contributed by atoms with van der Waals surface area (Å²) in [6.07, 6.45) is 6.13. The van der Waals surface area contributed by atoms with Gasteiger partial charge in [-0.05, 0) is 31.4 Å². The number of hydrogen-bond donors (Lipinski definition) is 2. The van der Waals surface area contributed by atoms with Crippen LogP contribution in [-0.2, 0) is 16.4 Å². The molecule has 10 heteroatoms. The van der Waals surface area contributed by atoms with Gasteiger partial charge < -0.3 is 10.4 Å². The Labute approximate surface area is 156 Å². The van der Waals surface area contributed by atoms with Crippen LogP contribution < -0.4 is 5.32 Å². The Morgan fingerprint density at radius 3 is 2.62 bits per heavy atom. The van der Waals surface area contributed by atoms with Gasteiger partial charge in [-0.25, -0.2) is 23.2 Å². The van der Waals surface area contributed by atoms with Crippen LogP contribution in [0.4, 0.5) is 5.82 Å². The first-order chi connectivity index (χ1) is 12.5. The number of aromatic nitrogens is 2. The molecule has 1 saturated heterocycles. The number of carbonyl (C=O) groups is 1. The van der Waals surface area contributed by atoms with Gasteiger partial charge in [-0.1, -0.05) is 6.42 Å². The highest BCUT2D eigenvalue weighted by Gasteiger charge is 2.27. The molecule has 2 aromatic heterocycles. The quantitative estimate of drug-likeness (QED) is 0.736. The Hall–Kier alpha value is -2.04. The summed E-state index contributed by atoms with van der Waals surface area (Å²) in [7, 11) is -3.38. The van der Waals surface area contributed by atoms with Crippen LogP contribution >= 0.6 is 11.3 Å². The smallest absolute Gasteiger partial charge is 0.356 e. The molecule has 1 aliphatic rings. The van der Waals surface area contributed by atoms with E-state index in [1.54, 1.807) is 10.4 Å². The second kappa shape index (κ2) is 8.11. The third kappa shape index (κ3) is 4.37. The topological polar surface area (TPSA) is 112 Å². The molecule has 140 valence electrons. The first kappa shape index (κ1) is 18.7. The summed E-state index contributed by atoms with van der Waals surface area (Å²) in [5.74, 6) is -0.641. The third-order valence-corrected chi connectivity index (χ3v) is 7.61. The first-order valence-electron chi connectivity index (χ1n) is 8.35. The summed E-state index contributed by atoms with van der Waals surface area (Å²) in [5, 5.41) is 11.8. The number of rotatable bonds is 7. The lowest BCUT2D eigenvalue weighted by Gasteiger charge is -2.25. The van der Waals surface area contributed by atoms with Crippen LogP contribution in [0.5, 0.6) is 0 Å². The summed E-state index contributed by atoms with van der Waals surface area (Å²) in [5.41, 5.74) is -0.110. The van der Waals surface area contributed by atoms with Crippen molar-refractivity contribution in [2.45, 2.75) is 29.9 Å². The van der Waals surface area contributed by atoms with Gasteiger partial charge >= 0.3 is 5.97 Å². The van der Waals surface area contributed by atoms with Crippen molar-refractivity contribution in [3.63, 3.8) is 0 Å². The lowest BCUT2D eigenvalue weighted by atomic mass is 10.2. The summed E-state index contributed by atoms with van der Waals surface area (Å²) in [4.78, 5) is 19.5. The fourth-order valence-electron chi connectivity index (χ4n) is 2.71. The molecule has 0 radical (unpaired) electrons. The van der Waals surface area contributed by atoms with Crippen molar-refractivity contribution < 1.29 is 18.3 Å². The van der Waals surface area contributed by atoms with Crippen molar-refractivity contribution in [1.29, 1.82) is 0 Å². The molecule has 0 bridgehead atoms. The third-order valence-electron chi connectivity index (χ3n) is 4.09. The number of anilines is 1. The van der Waals surface area contributed by atoms with Crippen molar-refractivity contribution >= 4 is 33.1 Å². The van der Waals surface area contributed by atoms with Crippen LogP contribution in [0.2, 0.25) is 0 Å². The average molecular weight is 396 g/mol. The highest BCUT2D eigenvalue weighted by atomic mass is 32.2. The standard InChI is InChI=1S/C16H20N4O4S2/c21-16(22)13-10-19-14(11-18-13)17-7-6-12-4-5-15(25-12)26(23,24)20-8-2-1-3-9-20/h4-5,10-11H,1-3,6-9H2,(H,17,19)(H,21,22). The van der Waals surface area contributed by atoms with Gasteiger partial charge in [0, 0.05) is 24.5 Å². The van der Waals surface area contributed by atoms with E-state index in [9.17, 15) is 13.2 Å². The van der Waals surface area contributed by atoms with E-state index in [2.05, 4.69) is 15.3 Å². The molecular weight excluding hydrogens is 376 g/mol.